The number of hydrogen-bond donors (Lipinski definition) is 2. The van der Waals surface area contributed by atoms with Gasteiger partial charge in [-0.25, -0.2) is 4.79 Å². The Balaban J connectivity index is 2.34. The van der Waals surface area contributed by atoms with Crippen LogP contribution >= 0.6 is 0 Å². The average molecular weight is 203 g/mol. The summed E-state index contributed by atoms with van der Waals surface area (Å²) in [6.45, 7) is 2.09. The molecule has 1 aromatic rings. The fourth-order valence-corrected chi connectivity index (χ4v) is 1.69. The first-order valence-corrected chi connectivity index (χ1v) is 5.03. The molecule has 1 aromatic carbocycles. The molecule has 0 amide bonds. The second kappa shape index (κ2) is 3.77. The molecule has 0 radical (unpaired) electrons. The fourth-order valence-electron chi connectivity index (χ4n) is 1.69. The Bertz CT molecular complexity index is 423. The Morgan fingerprint density at radius 2 is 2.13 bits per heavy atom. The SMILES string of the molecule is CCC1C=C(c2ccccc2C(=O)O)N1. The van der Waals surface area contributed by atoms with Gasteiger partial charge in [0.2, 0.25) is 0 Å². The largest absolute Gasteiger partial charge is 0.478 e. The minimum atomic E-state index is -0.881. The van der Waals surface area contributed by atoms with Crippen LogP contribution in [0.3, 0.4) is 0 Å². The van der Waals surface area contributed by atoms with Gasteiger partial charge in [0, 0.05) is 17.3 Å². The van der Waals surface area contributed by atoms with Crippen LogP contribution in [0.2, 0.25) is 0 Å². The van der Waals surface area contributed by atoms with E-state index < -0.39 is 5.97 Å². The van der Waals surface area contributed by atoms with Gasteiger partial charge in [-0.05, 0) is 18.6 Å². The number of carbonyl (C=O) groups is 1. The number of benzene rings is 1. The zero-order valence-corrected chi connectivity index (χ0v) is 8.53. The second-order valence-electron chi connectivity index (χ2n) is 3.59. The van der Waals surface area contributed by atoms with Gasteiger partial charge in [0.15, 0.2) is 0 Å². The molecule has 0 saturated heterocycles. The van der Waals surface area contributed by atoms with Crippen molar-refractivity contribution in [3.63, 3.8) is 0 Å². The molecule has 0 bridgehead atoms. The standard InChI is InChI=1S/C12H13NO2/c1-2-8-7-11(13-8)9-5-3-4-6-10(9)12(14)15/h3-8,13H,2H2,1H3,(H,14,15). The molecular formula is C12H13NO2. The maximum atomic E-state index is 11.0. The molecule has 2 rings (SSSR count). The summed E-state index contributed by atoms with van der Waals surface area (Å²) in [5.41, 5.74) is 2.06. The third kappa shape index (κ3) is 1.73. The maximum absolute atomic E-state index is 11.0. The average Bonchev–Trinajstić information content (AvgIpc) is 2.16. The molecule has 1 aliphatic heterocycles. The number of aromatic carboxylic acids is 1. The second-order valence-corrected chi connectivity index (χ2v) is 3.59. The van der Waals surface area contributed by atoms with E-state index in [2.05, 4.69) is 18.3 Å². The smallest absolute Gasteiger partial charge is 0.336 e. The first kappa shape index (κ1) is 9.77. The molecule has 0 spiro atoms. The molecule has 0 aromatic heterocycles. The van der Waals surface area contributed by atoms with Crippen LogP contribution in [-0.2, 0) is 0 Å². The lowest BCUT2D eigenvalue weighted by Crippen LogP contribution is -2.35. The van der Waals surface area contributed by atoms with Crippen molar-refractivity contribution in [1.82, 2.24) is 5.32 Å². The molecule has 3 nitrogen and oxygen atoms in total. The Hall–Kier alpha value is -1.77. The fraction of sp³-hybridized carbons (Fsp3) is 0.250. The van der Waals surface area contributed by atoms with E-state index in [1.54, 1.807) is 12.1 Å². The Labute approximate surface area is 88.4 Å². The topological polar surface area (TPSA) is 49.3 Å². The Morgan fingerprint density at radius 1 is 1.47 bits per heavy atom. The van der Waals surface area contributed by atoms with E-state index in [1.807, 2.05) is 12.1 Å². The van der Waals surface area contributed by atoms with Crippen LogP contribution in [0.25, 0.3) is 5.70 Å². The van der Waals surface area contributed by atoms with Gasteiger partial charge in [-0.3, -0.25) is 0 Å². The number of carboxylic acids is 1. The summed E-state index contributed by atoms with van der Waals surface area (Å²) in [5.74, 6) is -0.881. The first-order valence-electron chi connectivity index (χ1n) is 5.03. The van der Waals surface area contributed by atoms with Crippen LogP contribution in [0.4, 0.5) is 0 Å². The number of rotatable bonds is 3. The minimum Gasteiger partial charge on any atom is -0.478 e. The third-order valence-electron chi connectivity index (χ3n) is 2.60. The van der Waals surface area contributed by atoms with Crippen molar-refractivity contribution < 1.29 is 9.90 Å². The summed E-state index contributed by atoms with van der Waals surface area (Å²) in [6.07, 6.45) is 3.10. The molecular weight excluding hydrogens is 190 g/mol. The van der Waals surface area contributed by atoms with Gasteiger partial charge in [0.25, 0.3) is 0 Å². The van der Waals surface area contributed by atoms with Gasteiger partial charge in [-0.1, -0.05) is 25.1 Å². The lowest BCUT2D eigenvalue weighted by atomic mass is 9.97. The number of nitrogens with one attached hydrogen (secondary N) is 1. The van der Waals surface area contributed by atoms with E-state index in [0.29, 0.717) is 11.6 Å². The molecule has 1 unspecified atom stereocenters. The molecule has 0 saturated carbocycles. The zero-order valence-electron chi connectivity index (χ0n) is 8.53. The van der Waals surface area contributed by atoms with Crippen LogP contribution in [-0.4, -0.2) is 17.1 Å². The quantitative estimate of drug-likeness (QED) is 0.791. The van der Waals surface area contributed by atoms with Crippen molar-refractivity contribution in [2.45, 2.75) is 19.4 Å². The van der Waals surface area contributed by atoms with Crippen molar-refractivity contribution in [3.8, 4) is 0 Å². The molecule has 1 atom stereocenters. The molecule has 15 heavy (non-hydrogen) atoms. The normalized spacial score (nSPS) is 18.7. The monoisotopic (exact) mass is 203 g/mol. The van der Waals surface area contributed by atoms with Crippen molar-refractivity contribution >= 4 is 11.7 Å². The highest BCUT2D eigenvalue weighted by molar-refractivity contribution is 5.94. The van der Waals surface area contributed by atoms with E-state index in [0.717, 1.165) is 17.7 Å². The summed E-state index contributed by atoms with van der Waals surface area (Å²) in [7, 11) is 0. The lowest BCUT2D eigenvalue weighted by Gasteiger charge is -2.28. The molecule has 1 aliphatic rings. The number of carboxylic acid groups (broad SMARTS) is 1. The number of hydrogen-bond acceptors (Lipinski definition) is 2. The Kier molecular flexibility index (Phi) is 2.46. The summed E-state index contributed by atoms with van der Waals surface area (Å²) in [5, 5.41) is 12.2. The zero-order chi connectivity index (χ0) is 10.8. The van der Waals surface area contributed by atoms with Crippen molar-refractivity contribution in [1.29, 1.82) is 0 Å². The van der Waals surface area contributed by atoms with E-state index >= 15 is 0 Å². The van der Waals surface area contributed by atoms with Gasteiger partial charge in [0.05, 0.1) is 5.56 Å². The predicted molar refractivity (Wildman–Crippen MR) is 58.6 cm³/mol. The van der Waals surface area contributed by atoms with Gasteiger partial charge in [-0.2, -0.15) is 0 Å². The van der Waals surface area contributed by atoms with Crippen LogP contribution < -0.4 is 5.32 Å². The Morgan fingerprint density at radius 3 is 2.73 bits per heavy atom. The van der Waals surface area contributed by atoms with Crippen molar-refractivity contribution in [3.05, 3.63) is 41.5 Å². The van der Waals surface area contributed by atoms with Crippen LogP contribution in [0.1, 0.15) is 29.3 Å². The summed E-state index contributed by atoms with van der Waals surface area (Å²) in [6, 6.07) is 7.43. The van der Waals surface area contributed by atoms with Gasteiger partial charge in [0.1, 0.15) is 0 Å². The van der Waals surface area contributed by atoms with Gasteiger partial charge >= 0.3 is 5.97 Å². The van der Waals surface area contributed by atoms with Crippen LogP contribution in [0.5, 0.6) is 0 Å². The van der Waals surface area contributed by atoms with Crippen molar-refractivity contribution in [2.75, 3.05) is 0 Å². The first-order chi connectivity index (χ1) is 7.22. The van der Waals surface area contributed by atoms with Crippen LogP contribution in [0, 0.1) is 0 Å². The maximum Gasteiger partial charge on any atom is 0.336 e. The lowest BCUT2D eigenvalue weighted by molar-refractivity contribution is 0.0696. The molecule has 0 aliphatic carbocycles. The molecule has 1 heterocycles. The molecule has 2 N–H and O–H groups in total. The highest BCUT2D eigenvalue weighted by atomic mass is 16.4. The summed E-state index contributed by atoms with van der Waals surface area (Å²) in [4.78, 5) is 11.0. The van der Waals surface area contributed by atoms with Gasteiger partial charge < -0.3 is 10.4 Å². The van der Waals surface area contributed by atoms with E-state index in [1.165, 1.54) is 0 Å². The van der Waals surface area contributed by atoms with Crippen molar-refractivity contribution in [2.24, 2.45) is 0 Å². The van der Waals surface area contributed by atoms with E-state index in [4.69, 9.17) is 5.11 Å². The third-order valence-corrected chi connectivity index (χ3v) is 2.60. The molecule has 3 heteroatoms. The molecule has 78 valence electrons. The summed E-state index contributed by atoms with van der Waals surface area (Å²) < 4.78 is 0. The minimum absolute atomic E-state index is 0.353. The van der Waals surface area contributed by atoms with E-state index in [-0.39, 0.29) is 0 Å². The summed E-state index contributed by atoms with van der Waals surface area (Å²) >= 11 is 0. The highest BCUT2D eigenvalue weighted by Crippen LogP contribution is 2.24. The van der Waals surface area contributed by atoms with E-state index in [9.17, 15) is 4.79 Å². The van der Waals surface area contributed by atoms with Gasteiger partial charge in [-0.15, -0.1) is 0 Å². The highest BCUT2D eigenvalue weighted by Gasteiger charge is 2.21. The predicted octanol–water partition coefficient (Wildman–Crippen LogP) is 2.11. The molecule has 0 fully saturated rings. The van der Waals surface area contributed by atoms with Crippen LogP contribution in [0.15, 0.2) is 30.3 Å².